The Hall–Kier alpha value is -4.08. The molecule has 1 fully saturated rings. The van der Waals surface area contributed by atoms with Crippen LogP contribution in [0.5, 0.6) is 0 Å². The molecule has 4 aromatic rings. The first-order valence-corrected chi connectivity index (χ1v) is 13.0. The molecule has 2 heterocycles. The van der Waals surface area contributed by atoms with Gasteiger partial charge in [-0.25, -0.2) is 9.07 Å². The fourth-order valence-corrected chi connectivity index (χ4v) is 4.96. The monoisotopic (exact) mass is 546 g/mol. The molecule has 0 atom stereocenters. The Balaban J connectivity index is 1.39. The normalized spacial score (nSPS) is 16.5. The van der Waals surface area contributed by atoms with E-state index in [4.69, 9.17) is 11.6 Å². The number of halogens is 2. The number of aromatic nitrogens is 3. The van der Waals surface area contributed by atoms with E-state index in [2.05, 4.69) is 25.6 Å². The average molecular weight is 547 g/mol. The number of rotatable bonds is 8. The Kier molecular flexibility index (Phi) is 7.72. The van der Waals surface area contributed by atoms with Crippen LogP contribution >= 0.6 is 11.6 Å². The SMILES string of the molecule is CN(C)CC1CC(NC(=O)c2cc(NC(=O)c3cc(-c4ncccc4F)ccc3Cl)n(-c3ccccc3)n2)C1. The van der Waals surface area contributed by atoms with Crippen molar-refractivity contribution in [2.75, 3.05) is 26.0 Å². The first-order valence-electron chi connectivity index (χ1n) is 12.6. The van der Waals surface area contributed by atoms with Gasteiger partial charge < -0.3 is 15.5 Å². The van der Waals surface area contributed by atoms with Gasteiger partial charge in [-0.3, -0.25) is 14.6 Å². The highest BCUT2D eigenvalue weighted by atomic mass is 35.5. The van der Waals surface area contributed by atoms with Gasteiger partial charge in [-0.1, -0.05) is 35.9 Å². The molecule has 2 aromatic heterocycles. The van der Waals surface area contributed by atoms with E-state index < -0.39 is 11.7 Å². The summed E-state index contributed by atoms with van der Waals surface area (Å²) in [6.45, 7) is 0.988. The number of nitrogens with zero attached hydrogens (tertiary/aromatic N) is 4. The molecule has 0 aliphatic heterocycles. The molecule has 1 saturated carbocycles. The Morgan fingerprint density at radius 1 is 1.05 bits per heavy atom. The van der Waals surface area contributed by atoms with Crippen molar-refractivity contribution in [1.29, 1.82) is 0 Å². The van der Waals surface area contributed by atoms with E-state index in [1.54, 1.807) is 6.07 Å². The molecule has 2 aromatic carbocycles. The lowest BCUT2D eigenvalue weighted by molar-refractivity contribution is 0.0869. The van der Waals surface area contributed by atoms with Crippen LogP contribution in [0.4, 0.5) is 10.2 Å². The average Bonchev–Trinajstić information content (AvgIpc) is 3.32. The summed E-state index contributed by atoms with van der Waals surface area (Å²) in [7, 11) is 4.08. The number of carbonyl (C=O) groups is 2. The maximum absolute atomic E-state index is 14.3. The van der Waals surface area contributed by atoms with E-state index in [0.717, 1.165) is 19.4 Å². The van der Waals surface area contributed by atoms with Gasteiger partial charge in [-0.05, 0) is 69.3 Å². The van der Waals surface area contributed by atoms with Gasteiger partial charge in [0.05, 0.1) is 16.3 Å². The third-order valence-corrected chi connectivity index (χ3v) is 6.95. The van der Waals surface area contributed by atoms with Crippen LogP contribution in [-0.2, 0) is 0 Å². The molecule has 0 spiro atoms. The molecular formula is C29H28ClFN6O2. The molecule has 8 nitrogen and oxygen atoms in total. The first kappa shape index (κ1) is 26.5. The number of nitrogens with one attached hydrogen (secondary N) is 2. The van der Waals surface area contributed by atoms with E-state index in [0.29, 0.717) is 23.0 Å². The highest BCUT2D eigenvalue weighted by Gasteiger charge is 2.31. The van der Waals surface area contributed by atoms with Gasteiger partial charge in [0.25, 0.3) is 11.8 Å². The number of hydrogen-bond donors (Lipinski definition) is 2. The Bertz CT molecular complexity index is 1500. The molecule has 0 radical (unpaired) electrons. The lowest BCUT2D eigenvalue weighted by Crippen LogP contribution is -2.47. The van der Waals surface area contributed by atoms with Crippen molar-refractivity contribution < 1.29 is 14.0 Å². The van der Waals surface area contributed by atoms with Crippen LogP contribution in [0.1, 0.15) is 33.7 Å². The van der Waals surface area contributed by atoms with Gasteiger partial charge in [0, 0.05) is 30.4 Å². The van der Waals surface area contributed by atoms with Crippen LogP contribution in [0.15, 0.2) is 72.9 Å². The number of amides is 2. The lowest BCUT2D eigenvalue weighted by atomic mass is 9.80. The van der Waals surface area contributed by atoms with Gasteiger partial charge in [0.1, 0.15) is 17.3 Å². The molecule has 5 rings (SSSR count). The molecule has 10 heteroatoms. The standard InChI is InChI=1S/C29H28ClFN6O2/c1-36(2)17-18-13-20(14-18)33-29(39)25-16-26(37(35-25)21-7-4-3-5-8-21)34-28(38)22-15-19(10-11-23(22)30)27-24(31)9-6-12-32-27/h3-12,15-16,18,20H,13-14,17H2,1-2H3,(H,33,39)(H,34,38). The summed E-state index contributed by atoms with van der Waals surface area (Å²) in [5.41, 5.74) is 1.50. The number of benzene rings is 2. The minimum Gasteiger partial charge on any atom is -0.348 e. The largest absolute Gasteiger partial charge is 0.348 e. The van der Waals surface area contributed by atoms with Crippen LogP contribution in [0.25, 0.3) is 16.9 Å². The maximum atomic E-state index is 14.3. The minimum absolute atomic E-state index is 0.0934. The summed E-state index contributed by atoms with van der Waals surface area (Å²) in [5, 5.41) is 10.5. The van der Waals surface area contributed by atoms with Crippen LogP contribution in [0.3, 0.4) is 0 Å². The number of para-hydroxylation sites is 1. The molecule has 2 amide bonds. The number of anilines is 1. The number of carbonyl (C=O) groups excluding carboxylic acids is 2. The van der Waals surface area contributed by atoms with Gasteiger partial charge in [0.15, 0.2) is 5.69 Å². The molecule has 1 aliphatic rings. The zero-order valence-corrected chi connectivity index (χ0v) is 22.3. The summed E-state index contributed by atoms with van der Waals surface area (Å²) in [6.07, 6.45) is 3.31. The molecule has 2 N–H and O–H groups in total. The summed E-state index contributed by atoms with van der Waals surface area (Å²) in [5.74, 6) is -0.501. The second kappa shape index (κ2) is 11.3. The third kappa shape index (κ3) is 6.00. The highest BCUT2D eigenvalue weighted by Crippen LogP contribution is 2.29. The zero-order valence-electron chi connectivity index (χ0n) is 21.6. The van der Waals surface area contributed by atoms with Crippen molar-refractivity contribution in [3.63, 3.8) is 0 Å². The van der Waals surface area contributed by atoms with E-state index in [1.165, 1.54) is 41.2 Å². The zero-order chi connectivity index (χ0) is 27.5. The topological polar surface area (TPSA) is 92.2 Å². The van der Waals surface area contributed by atoms with E-state index in [-0.39, 0.29) is 33.9 Å². The van der Waals surface area contributed by atoms with E-state index in [9.17, 15) is 14.0 Å². The summed E-state index contributed by atoms with van der Waals surface area (Å²) in [6, 6.07) is 18.2. The van der Waals surface area contributed by atoms with Gasteiger partial charge >= 0.3 is 0 Å². The van der Waals surface area contributed by atoms with E-state index in [1.807, 2.05) is 44.4 Å². The molecule has 39 heavy (non-hydrogen) atoms. The second-order valence-corrected chi connectivity index (χ2v) is 10.3. The minimum atomic E-state index is -0.534. The van der Waals surface area contributed by atoms with Crippen LogP contribution in [-0.4, -0.2) is 58.2 Å². The van der Waals surface area contributed by atoms with Crippen LogP contribution in [0.2, 0.25) is 5.02 Å². The summed E-state index contributed by atoms with van der Waals surface area (Å²) < 4.78 is 15.8. The lowest BCUT2D eigenvalue weighted by Gasteiger charge is -2.37. The Morgan fingerprint density at radius 3 is 2.54 bits per heavy atom. The van der Waals surface area contributed by atoms with Gasteiger partial charge in [-0.2, -0.15) is 5.10 Å². The van der Waals surface area contributed by atoms with E-state index >= 15 is 0 Å². The fourth-order valence-electron chi connectivity index (χ4n) is 4.75. The van der Waals surface area contributed by atoms with Crippen LogP contribution < -0.4 is 10.6 Å². The molecule has 0 bridgehead atoms. The molecule has 0 saturated heterocycles. The van der Waals surface area contributed by atoms with Crippen LogP contribution in [0, 0.1) is 11.7 Å². The number of pyridine rings is 1. The second-order valence-electron chi connectivity index (χ2n) is 9.91. The van der Waals surface area contributed by atoms with Crippen molar-refractivity contribution in [3.8, 4) is 16.9 Å². The molecular weight excluding hydrogens is 519 g/mol. The highest BCUT2D eigenvalue weighted by molar-refractivity contribution is 6.34. The Labute approximate surface area is 230 Å². The smallest absolute Gasteiger partial charge is 0.272 e. The quantitative estimate of drug-likeness (QED) is 0.323. The summed E-state index contributed by atoms with van der Waals surface area (Å²) in [4.78, 5) is 32.6. The predicted octanol–water partition coefficient (Wildman–Crippen LogP) is 5.05. The fraction of sp³-hybridized carbons (Fsp3) is 0.241. The van der Waals surface area contributed by atoms with Crippen molar-refractivity contribution in [3.05, 3.63) is 95.0 Å². The maximum Gasteiger partial charge on any atom is 0.272 e. The Morgan fingerprint density at radius 2 is 1.82 bits per heavy atom. The molecule has 200 valence electrons. The number of hydrogen-bond acceptors (Lipinski definition) is 5. The van der Waals surface area contributed by atoms with Crippen molar-refractivity contribution >= 4 is 29.2 Å². The predicted molar refractivity (Wildman–Crippen MR) is 149 cm³/mol. The molecule has 1 aliphatic carbocycles. The van der Waals surface area contributed by atoms with Crippen molar-refractivity contribution in [1.82, 2.24) is 25.0 Å². The third-order valence-electron chi connectivity index (χ3n) is 6.62. The van der Waals surface area contributed by atoms with Crippen molar-refractivity contribution in [2.45, 2.75) is 18.9 Å². The van der Waals surface area contributed by atoms with Gasteiger partial charge in [0.2, 0.25) is 0 Å². The first-order chi connectivity index (χ1) is 18.8. The summed E-state index contributed by atoms with van der Waals surface area (Å²) >= 11 is 6.36. The van der Waals surface area contributed by atoms with Crippen molar-refractivity contribution in [2.24, 2.45) is 5.92 Å². The van der Waals surface area contributed by atoms with Gasteiger partial charge in [-0.15, -0.1) is 0 Å². The molecule has 0 unspecified atom stereocenters.